The SMILES string of the molecule is O=C(Cl)C1CCN(C(=O)COc2ccccc2)CC1. The van der Waals surface area contributed by atoms with E-state index in [9.17, 15) is 9.59 Å². The molecule has 1 aromatic carbocycles. The molecule has 102 valence electrons. The summed E-state index contributed by atoms with van der Waals surface area (Å²) < 4.78 is 5.41. The van der Waals surface area contributed by atoms with Crippen LogP contribution in [0.2, 0.25) is 0 Å². The predicted molar refractivity (Wildman–Crippen MR) is 72.1 cm³/mol. The van der Waals surface area contributed by atoms with Crippen LogP contribution in [0.5, 0.6) is 5.75 Å². The summed E-state index contributed by atoms with van der Waals surface area (Å²) >= 11 is 5.46. The fourth-order valence-electron chi connectivity index (χ4n) is 2.11. The minimum Gasteiger partial charge on any atom is -0.484 e. The van der Waals surface area contributed by atoms with Crippen molar-refractivity contribution in [2.75, 3.05) is 19.7 Å². The van der Waals surface area contributed by atoms with Gasteiger partial charge in [0.25, 0.3) is 5.91 Å². The molecule has 0 N–H and O–H groups in total. The molecule has 1 heterocycles. The van der Waals surface area contributed by atoms with Crippen LogP contribution in [0.1, 0.15) is 12.8 Å². The van der Waals surface area contributed by atoms with Crippen molar-refractivity contribution >= 4 is 22.8 Å². The average molecular weight is 282 g/mol. The third-order valence-electron chi connectivity index (χ3n) is 3.27. The first-order valence-corrected chi connectivity index (χ1v) is 6.69. The molecule has 1 aromatic rings. The van der Waals surface area contributed by atoms with E-state index in [4.69, 9.17) is 16.3 Å². The molecule has 0 aliphatic carbocycles. The highest BCUT2D eigenvalue weighted by Crippen LogP contribution is 2.19. The molecule has 4 nitrogen and oxygen atoms in total. The number of nitrogens with zero attached hydrogens (tertiary/aromatic N) is 1. The van der Waals surface area contributed by atoms with Crippen molar-refractivity contribution < 1.29 is 14.3 Å². The van der Waals surface area contributed by atoms with Gasteiger partial charge in [-0.1, -0.05) is 18.2 Å². The summed E-state index contributed by atoms with van der Waals surface area (Å²) in [6, 6.07) is 9.23. The van der Waals surface area contributed by atoms with E-state index in [1.54, 1.807) is 4.90 Å². The maximum absolute atomic E-state index is 11.9. The Labute approximate surface area is 117 Å². The third-order valence-corrected chi connectivity index (χ3v) is 3.58. The van der Waals surface area contributed by atoms with Crippen molar-refractivity contribution in [2.45, 2.75) is 12.8 Å². The number of piperidine rings is 1. The summed E-state index contributed by atoms with van der Waals surface area (Å²) in [4.78, 5) is 24.7. The highest BCUT2D eigenvalue weighted by Gasteiger charge is 2.26. The normalized spacial score (nSPS) is 16.2. The molecule has 0 bridgehead atoms. The van der Waals surface area contributed by atoms with Gasteiger partial charge in [-0.3, -0.25) is 9.59 Å². The number of carbonyl (C=O) groups excluding carboxylic acids is 2. The Bertz CT molecular complexity index is 441. The number of hydrogen-bond donors (Lipinski definition) is 0. The first-order valence-electron chi connectivity index (χ1n) is 6.32. The van der Waals surface area contributed by atoms with Crippen LogP contribution in [0.25, 0.3) is 0 Å². The number of halogens is 1. The Kier molecular flexibility index (Phi) is 4.80. The van der Waals surface area contributed by atoms with E-state index in [1.807, 2.05) is 30.3 Å². The monoisotopic (exact) mass is 281 g/mol. The zero-order chi connectivity index (χ0) is 13.7. The highest BCUT2D eigenvalue weighted by atomic mass is 35.5. The van der Waals surface area contributed by atoms with Crippen LogP contribution in [0.3, 0.4) is 0 Å². The summed E-state index contributed by atoms with van der Waals surface area (Å²) in [6.07, 6.45) is 1.28. The lowest BCUT2D eigenvalue weighted by molar-refractivity contribution is -0.135. The van der Waals surface area contributed by atoms with E-state index in [0.717, 1.165) is 0 Å². The van der Waals surface area contributed by atoms with E-state index < -0.39 is 0 Å². The topological polar surface area (TPSA) is 46.6 Å². The van der Waals surface area contributed by atoms with Gasteiger partial charge < -0.3 is 9.64 Å². The molecule has 19 heavy (non-hydrogen) atoms. The molecule has 0 atom stereocenters. The van der Waals surface area contributed by atoms with Gasteiger partial charge in [0.2, 0.25) is 5.24 Å². The zero-order valence-electron chi connectivity index (χ0n) is 10.5. The highest BCUT2D eigenvalue weighted by molar-refractivity contribution is 6.63. The smallest absolute Gasteiger partial charge is 0.260 e. The van der Waals surface area contributed by atoms with Gasteiger partial charge in [0, 0.05) is 19.0 Å². The Hall–Kier alpha value is -1.55. The van der Waals surface area contributed by atoms with Gasteiger partial charge in [-0.15, -0.1) is 0 Å². The van der Waals surface area contributed by atoms with Crippen molar-refractivity contribution in [1.29, 1.82) is 0 Å². The van der Waals surface area contributed by atoms with E-state index in [0.29, 0.717) is 31.7 Å². The Morgan fingerprint density at radius 2 is 1.84 bits per heavy atom. The van der Waals surface area contributed by atoms with Crippen molar-refractivity contribution in [1.82, 2.24) is 4.90 Å². The number of para-hydroxylation sites is 1. The van der Waals surface area contributed by atoms with Crippen molar-refractivity contribution in [3.8, 4) is 5.75 Å². The molecular weight excluding hydrogens is 266 g/mol. The number of benzene rings is 1. The molecule has 0 unspecified atom stereocenters. The molecule has 1 aliphatic rings. The third kappa shape index (κ3) is 3.96. The molecule has 1 aliphatic heterocycles. The largest absolute Gasteiger partial charge is 0.484 e. The minimum atomic E-state index is -0.298. The second-order valence-electron chi connectivity index (χ2n) is 4.56. The van der Waals surface area contributed by atoms with Crippen molar-refractivity contribution in [2.24, 2.45) is 5.92 Å². The number of rotatable bonds is 4. The molecule has 0 radical (unpaired) electrons. The standard InChI is InChI=1S/C14H16ClNO3/c15-14(18)11-6-8-16(9-7-11)13(17)10-19-12-4-2-1-3-5-12/h1-5,11H,6-10H2. The van der Waals surface area contributed by atoms with Gasteiger partial charge in [-0.2, -0.15) is 0 Å². The molecule has 1 fully saturated rings. The van der Waals surface area contributed by atoms with E-state index in [2.05, 4.69) is 0 Å². The van der Waals surface area contributed by atoms with Crippen LogP contribution in [0.15, 0.2) is 30.3 Å². The van der Waals surface area contributed by atoms with Gasteiger partial charge in [-0.05, 0) is 36.6 Å². The quantitative estimate of drug-likeness (QED) is 0.794. The zero-order valence-corrected chi connectivity index (χ0v) is 11.3. The molecule has 1 saturated heterocycles. The number of amides is 1. The Balaban J connectivity index is 1.77. The first-order chi connectivity index (χ1) is 9.16. The minimum absolute atomic E-state index is 0.0313. The maximum Gasteiger partial charge on any atom is 0.260 e. The van der Waals surface area contributed by atoms with E-state index in [1.165, 1.54) is 0 Å². The summed E-state index contributed by atoms with van der Waals surface area (Å²) in [5.74, 6) is 0.520. The lowest BCUT2D eigenvalue weighted by Crippen LogP contribution is -2.41. The fourth-order valence-corrected chi connectivity index (χ4v) is 2.33. The molecule has 2 rings (SSSR count). The van der Waals surface area contributed by atoms with Crippen molar-refractivity contribution in [3.05, 3.63) is 30.3 Å². The number of hydrogen-bond acceptors (Lipinski definition) is 3. The van der Waals surface area contributed by atoms with Crippen LogP contribution in [-0.2, 0) is 9.59 Å². The summed E-state index contributed by atoms with van der Waals surface area (Å²) in [6.45, 7) is 1.17. The lowest BCUT2D eigenvalue weighted by atomic mass is 9.98. The van der Waals surface area contributed by atoms with Gasteiger partial charge in [-0.25, -0.2) is 0 Å². The molecule has 0 spiro atoms. The van der Waals surface area contributed by atoms with Crippen molar-refractivity contribution in [3.63, 3.8) is 0 Å². The van der Waals surface area contributed by atoms with Gasteiger partial charge in [0.15, 0.2) is 6.61 Å². The first kappa shape index (κ1) is 13.9. The van der Waals surface area contributed by atoms with Gasteiger partial charge in [0.1, 0.15) is 5.75 Å². The maximum atomic E-state index is 11.9. The van der Waals surface area contributed by atoms with Crippen LogP contribution in [-0.4, -0.2) is 35.7 Å². The molecule has 0 saturated carbocycles. The summed E-state index contributed by atoms with van der Waals surface area (Å²) in [7, 11) is 0. The molecular formula is C14H16ClNO3. The summed E-state index contributed by atoms with van der Waals surface area (Å²) in [5.41, 5.74) is 0. The van der Waals surface area contributed by atoms with Crippen LogP contribution in [0.4, 0.5) is 0 Å². The van der Waals surface area contributed by atoms with Crippen LogP contribution < -0.4 is 4.74 Å². The molecule has 5 heteroatoms. The Morgan fingerprint density at radius 3 is 2.42 bits per heavy atom. The van der Waals surface area contributed by atoms with E-state index in [-0.39, 0.29) is 23.7 Å². The van der Waals surface area contributed by atoms with Crippen LogP contribution in [0, 0.1) is 5.92 Å². The van der Waals surface area contributed by atoms with Gasteiger partial charge >= 0.3 is 0 Å². The second-order valence-corrected chi connectivity index (χ2v) is 4.93. The van der Waals surface area contributed by atoms with Crippen LogP contribution >= 0.6 is 11.6 Å². The van der Waals surface area contributed by atoms with E-state index >= 15 is 0 Å². The number of likely N-dealkylation sites (tertiary alicyclic amines) is 1. The average Bonchev–Trinajstić information content (AvgIpc) is 2.46. The summed E-state index contributed by atoms with van der Waals surface area (Å²) in [5, 5.41) is -0.298. The fraction of sp³-hybridized carbons (Fsp3) is 0.429. The Morgan fingerprint density at radius 1 is 1.21 bits per heavy atom. The second kappa shape index (κ2) is 6.57. The molecule has 0 aromatic heterocycles. The lowest BCUT2D eigenvalue weighted by Gasteiger charge is -2.30. The number of ether oxygens (including phenoxy) is 1. The predicted octanol–water partition coefficient (Wildman–Crippen LogP) is 2.07. The van der Waals surface area contributed by atoms with Gasteiger partial charge in [0.05, 0.1) is 0 Å². The number of carbonyl (C=O) groups is 2. The molecule has 1 amide bonds.